The van der Waals surface area contributed by atoms with Crippen molar-refractivity contribution in [1.29, 1.82) is 0 Å². The number of fused-ring (bicyclic) bond motifs is 1. The minimum atomic E-state index is -0.522. The lowest BCUT2D eigenvalue weighted by atomic mass is 9.91. The molecule has 0 radical (unpaired) electrons. The summed E-state index contributed by atoms with van der Waals surface area (Å²) >= 11 is 0. The summed E-state index contributed by atoms with van der Waals surface area (Å²) in [4.78, 5) is 28.4. The van der Waals surface area contributed by atoms with Gasteiger partial charge in [-0.05, 0) is 29.3 Å². The van der Waals surface area contributed by atoms with E-state index in [1.165, 1.54) is 13.0 Å². The van der Waals surface area contributed by atoms with Crippen LogP contribution >= 0.6 is 0 Å². The molecule has 0 aliphatic heterocycles. The van der Waals surface area contributed by atoms with Crippen LogP contribution in [0.5, 0.6) is 5.75 Å². The first-order valence-electron chi connectivity index (χ1n) is 8.85. The molecule has 0 aliphatic carbocycles. The molecule has 0 spiro atoms. The van der Waals surface area contributed by atoms with Crippen LogP contribution in [0.15, 0.2) is 88.1 Å². The van der Waals surface area contributed by atoms with Gasteiger partial charge in [-0.1, -0.05) is 60.7 Å². The zero-order valence-electron chi connectivity index (χ0n) is 15.2. The summed E-state index contributed by atoms with van der Waals surface area (Å²) in [5, 5.41) is 0.266. The molecular formula is C23H17NO4. The second-order valence-electron chi connectivity index (χ2n) is 6.37. The Labute approximate surface area is 161 Å². The van der Waals surface area contributed by atoms with Crippen molar-refractivity contribution in [3.63, 3.8) is 0 Å². The van der Waals surface area contributed by atoms with Crippen LogP contribution in [0.4, 0.5) is 0 Å². The highest BCUT2D eigenvalue weighted by molar-refractivity contribution is 5.80. The van der Waals surface area contributed by atoms with Gasteiger partial charge < -0.3 is 9.15 Å². The number of rotatable bonds is 4. The summed E-state index contributed by atoms with van der Waals surface area (Å²) in [6.45, 7) is 1.30. The van der Waals surface area contributed by atoms with Gasteiger partial charge >= 0.3 is 11.6 Å². The van der Waals surface area contributed by atoms with Gasteiger partial charge in [0, 0.05) is 6.92 Å². The van der Waals surface area contributed by atoms with Crippen molar-refractivity contribution in [2.24, 2.45) is 0 Å². The van der Waals surface area contributed by atoms with Crippen LogP contribution in [-0.2, 0) is 4.79 Å². The van der Waals surface area contributed by atoms with E-state index in [9.17, 15) is 9.59 Å². The molecule has 0 saturated heterocycles. The topological polar surface area (TPSA) is 69.4 Å². The fraction of sp³-hybridized carbons (Fsp3) is 0.0870. The first kappa shape index (κ1) is 17.7. The maximum absolute atomic E-state index is 12.7. The van der Waals surface area contributed by atoms with E-state index in [4.69, 9.17) is 9.15 Å². The van der Waals surface area contributed by atoms with Crippen LogP contribution in [0.3, 0.4) is 0 Å². The van der Waals surface area contributed by atoms with Crippen molar-refractivity contribution in [1.82, 2.24) is 4.98 Å². The lowest BCUT2D eigenvalue weighted by molar-refractivity contribution is -0.131. The van der Waals surface area contributed by atoms with Crippen LogP contribution < -0.4 is 10.4 Å². The normalized spacial score (nSPS) is 10.9. The summed E-state index contributed by atoms with van der Waals surface area (Å²) in [5.41, 5.74) is 1.91. The van der Waals surface area contributed by atoms with Crippen molar-refractivity contribution in [2.75, 3.05) is 0 Å². The van der Waals surface area contributed by atoms with E-state index in [1.807, 2.05) is 60.7 Å². The van der Waals surface area contributed by atoms with Gasteiger partial charge in [-0.15, -0.1) is 0 Å². The maximum Gasteiger partial charge on any atom is 0.346 e. The Morgan fingerprint density at radius 3 is 2.11 bits per heavy atom. The number of benzene rings is 3. The van der Waals surface area contributed by atoms with E-state index in [0.717, 1.165) is 11.1 Å². The number of esters is 1. The van der Waals surface area contributed by atoms with Crippen molar-refractivity contribution in [3.05, 3.63) is 106 Å². The molecule has 1 aromatic heterocycles. The highest BCUT2D eigenvalue weighted by Gasteiger charge is 2.22. The molecule has 138 valence electrons. The number of ether oxygens (including phenoxy) is 1. The molecule has 0 unspecified atom stereocenters. The molecule has 5 nitrogen and oxygen atoms in total. The van der Waals surface area contributed by atoms with Gasteiger partial charge in [0.15, 0.2) is 0 Å². The first-order valence-corrected chi connectivity index (χ1v) is 8.85. The SMILES string of the molecule is CC(=O)Oc1ccc2nc(C(c3ccccc3)c3ccccc3)oc(=O)c2c1. The lowest BCUT2D eigenvalue weighted by Crippen LogP contribution is -2.12. The zero-order valence-corrected chi connectivity index (χ0v) is 15.2. The first-order chi connectivity index (χ1) is 13.6. The summed E-state index contributed by atoms with van der Waals surface area (Å²) in [6, 6.07) is 24.3. The summed E-state index contributed by atoms with van der Waals surface area (Å²) in [6.07, 6.45) is 0. The molecule has 0 N–H and O–H groups in total. The third-order valence-corrected chi connectivity index (χ3v) is 4.39. The van der Waals surface area contributed by atoms with E-state index in [0.29, 0.717) is 11.4 Å². The average Bonchev–Trinajstić information content (AvgIpc) is 2.70. The monoisotopic (exact) mass is 371 g/mol. The highest BCUT2D eigenvalue weighted by atomic mass is 16.5. The maximum atomic E-state index is 12.7. The minimum Gasteiger partial charge on any atom is -0.427 e. The number of hydrogen-bond acceptors (Lipinski definition) is 5. The van der Waals surface area contributed by atoms with Gasteiger partial charge in [0.1, 0.15) is 5.75 Å². The lowest BCUT2D eigenvalue weighted by Gasteiger charge is -2.16. The van der Waals surface area contributed by atoms with Crippen LogP contribution in [0.2, 0.25) is 0 Å². The van der Waals surface area contributed by atoms with Crippen molar-refractivity contribution in [3.8, 4) is 5.75 Å². The molecule has 0 atom stereocenters. The van der Waals surface area contributed by atoms with Crippen LogP contribution in [0.1, 0.15) is 29.9 Å². The predicted molar refractivity (Wildman–Crippen MR) is 105 cm³/mol. The van der Waals surface area contributed by atoms with E-state index in [-0.39, 0.29) is 17.1 Å². The van der Waals surface area contributed by atoms with Gasteiger partial charge in [0.25, 0.3) is 0 Å². The van der Waals surface area contributed by atoms with Gasteiger partial charge in [-0.2, -0.15) is 0 Å². The quantitative estimate of drug-likeness (QED) is 0.395. The highest BCUT2D eigenvalue weighted by Crippen LogP contribution is 2.31. The Kier molecular flexibility index (Phi) is 4.72. The zero-order chi connectivity index (χ0) is 19.5. The molecular weight excluding hydrogens is 354 g/mol. The molecule has 3 aromatic carbocycles. The molecule has 5 heteroatoms. The summed E-state index contributed by atoms with van der Waals surface area (Å²) < 4.78 is 10.7. The summed E-state index contributed by atoms with van der Waals surface area (Å²) in [5.74, 6) is -0.172. The van der Waals surface area contributed by atoms with Crippen LogP contribution in [0, 0.1) is 0 Å². The van der Waals surface area contributed by atoms with Gasteiger partial charge in [0.2, 0.25) is 5.89 Å². The Bertz CT molecular complexity index is 1140. The predicted octanol–water partition coefficient (Wildman–Crippen LogP) is 4.29. The second kappa shape index (κ2) is 7.48. The molecule has 28 heavy (non-hydrogen) atoms. The van der Waals surface area contributed by atoms with Crippen LogP contribution in [0.25, 0.3) is 10.9 Å². The van der Waals surface area contributed by atoms with Gasteiger partial charge in [0.05, 0.1) is 16.8 Å². The molecule has 1 heterocycles. The number of carbonyl (C=O) groups is 1. The third kappa shape index (κ3) is 3.55. The average molecular weight is 371 g/mol. The number of carbonyl (C=O) groups excluding carboxylic acids is 1. The fourth-order valence-electron chi connectivity index (χ4n) is 3.19. The van der Waals surface area contributed by atoms with Crippen molar-refractivity contribution >= 4 is 16.9 Å². The van der Waals surface area contributed by atoms with Gasteiger partial charge in [-0.3, -0.25) is 4.79 Å². The van der Waals surface area contributed by atoms with E-state index < -0.39 is 11.6 Å². The fourth-order valence-corrected chi connectivity index (χ4v) is 3.19. The van der Waals surface area contributed by atoms with E-state index in [2.05, 4.69) is 4.98 Å². The van der Waals surface area contributed by atoms with Gasteiger partial charge in [-0.25, -0.2) is 9.78 Å². The molecule has 4 aromatic rings. The van der Waals surface area contributed by atoms with E-state index in [1.54, 1.807) is 12.1 Å². The number of aromatic nitrogens is 1. The minimum absolute atomic E-state index is 0.266. The molecule has 0 bridgehead atoms. The third-order valence-electron chi connectivity index (χ3n) is 4.39. The molecule has 4 rings (SSSR count). The van der Waals surface area contributed by atoms with Crippen molar-refractivity contribution < 1.29 is 13.9 Å². The Morgan fingerprint density at radius 2 is 1.54 bits per heavy atom. The molecule has 0 aliphatic rings. The molecule has 0 saturated carbocycles. The standard InChI is InChI=1S/C23H17NO4/c1-15(25)27-18-12-13-20-19(14-18)23(26)28-22(24-20)21(16-8-4-2-5-9-16)17-10-6-3-7-11-17/h2-14,21H,1H3. The van der Waals surface area contributed by atoms with Crippen LogP contribution in [-0.4, -0.2) is 11.0 Å². The van der Waals surface area contributed by atoms with Crippen molar-refractivity contribution in [2.45, 2.75) is 12.8 Å². The Balaban J connectivity index is 1.87. The largest absolute Gasteiger partial charge is 0.427 e. The second-order valence-corrected chi connectivity index (χ2v) is 6.37. The number of hydrogen-bond donors (Lipinski definition) is 0. The van der Waals surface area contributed by atoms with E-state index >= 15 is 0 Å². The summed E-state index contributed by atoms with van der Waals surface area (Å²) in [7, 11) is 0. The Hall–Kier alpha value is -3.73. The molecule has 0 fully saturated rings. The number of nitrogens with zero attached hydrogens (tertiary/aromatic N) is 1. The molecule has 0 amide bonds. The Morgan fingerprint density at radius 1 is 0.929 bits per heavy atom. The smallest absolute Gasteiger partial charge is 0.346 e.